The van der Waals surface area contributed by atoms with Crippen LogP contribution in [0.2, 0.25) is 0 Å². The quantitative estimate of drug-likeness (QED) is 0.518. The van der Waals surface area contributed by atoms with E-state index in [1.54, 1.807) is 13.8 Å². The van der Waals surface area contributed by atoms with Gasteiger partial charge in [0.25, 0.3) is 0 Å². The highest BCUT2D eigenvalue weighted by molar-refractivity contribution is 5.81. The second-order valence-electron chi connectivity index (χ2n) is 6.99. The standard InChI is InChI=1S/C24H29NO6/c1-3-29-23(27)22(25-24(28)31-17-20-7-5-4-6-8-20)15-16-30-21-13-11-19(12-14-21)10-9-18(2)26/h4-8,11-14,22H,3,9-10,15-17H2,1-2H3,(H,25,28)/t22-/m0/s1. The van der Waals surface area contributed by atoms with E-state index in [1.165, 1.54) is 0 Å². The van der Waals surface area contributed by atoms with Crippen LogP contribution in [0.25, 0.3) is 0 Å². The lowest BCUT2D eigenvalue weighted by atomic mass is 10.1. The van der Waals surface area contributed by atoms with Crippen molar-refractivity contribution in [3.63, 3.8) is 0 Å². The third-order valence-electron chi connectivity index (χ3n) is 4.44. The maximum Gasteiger partial charge on any atom is 0.408 e. The van der Waals surface area contributed by atoms with E-state index in [2.05, 4.69) is 5.32 Å². The molecule has 7 heteroatoms. The van der Waals surface area contributed by atoms with Crippen molar-refractivity contribution in [1.82, 2.24) is 5.32 Å². The summed E-state index contributed by atoms with van der Waals surface area (Å²) in [5, 5.41) is 2.55. The number of carbonyl (C=O) groups is 3. The van der Waals surface area contributed by atoms with Crippen molar-refractivity contribution in [3.05, 3.63) is 65.7 Å². The zero-order valence-corrected chi connectivity index (χ0v) is 18.0. The number of rotatable bonds is 12. The lowest BCUT2D eigenvalue weighted by Gasteiger charge is -2.17. The summed E-state index contributed by atoms with van der Waals surface area (Å²) >= 11 is 0. The summed E-state index contributed by atoms with van der Waals surface area (Å²) in [5.41, 5.74) is 1.90. The highest BCUT2D eigenvalue weighted by Crippen LogP contribution is 2.14. The molecule has 0 bridgehead atoms. The first-order valence-corrected chi connectivity index (χ1v) is 10.3. The van der Waals surface area contributed by atoms with Crippen LogP contribution in [-0.2, 0) is 32.1 Å². The fraction of sp³-hybridized carbons (Fsp3) is 0.375. The van der Waals surface area contributed by atoms with E-state index in [-0.39, 0.29) is 32.0 Å². The van der Waals surface area contributed by atoms with Gasteiger partial charge in [-0.3, -0.25) is 0 Å². The van der Waals surface area contributed by atoms with Crippen LogP contribution in [0.15, 0.2) is 54.6 Å². The van der Waals surface area contributed by atoms with E-state index >= 15 is 0 Å². The van der Waals surface area contributed by atoms with Crippen molar-refractivity contribution in [1.29, 1.82) is 0 Å². The molecule has 0 heterocycles. The number of esters is 1. The van der Waals surface area contributed by atoms with Crippen LogP contribution in [0.3, 0.4) is 0 Å². The Morgan fingerprint density at radius 2 is 1.65 bits per heavy atom. The summed E-state index contributed by atoms with van der Waals surface area (Å²) in [6.07, 6.45) is 0.728. The maximum absolute atomic E-state index is 12.2. The Morgan fingerprint density at radius 1 is 0.935 bits per heavy atom. The third-order valence-corrected chi connectivity index (χ3v) is 4.44. The number of hydrogen-bond donors (Lipinski definition) is 1. The SMILES string of the molecule is CCOC(=O)[C@H](CCOc1ccc(CCC(C)=O)cc1)NC(=O)OCc1ccccc1. The van der Waals surface area contributed by atoms with E-state index in [1.807, 2.05) is 54.6 Å². The van der Waals surface area contributed by atoms with Gasteiger partial charge in [0.2, 0.25) is 0 Å². The first-order chi connectivity index (χ1) is 15.0. The number of Topliss-reactive ketones (excluding diaryl/α,β-unsaturated/α-hetero) is 1. The number of hydrogen-bond acceptors (Lipinski definition) is 6. The molecule has 1 amide bonds. The summed E-state index contributed by atoms with van der Waals surface area (Å²) in [6, 6.07) is 15.8. The molecule has 0 spiro atoms. The summed E-state index contributed by atoms with van der Waals surface area (Å²) in [6.45, 7) is 3.79. The molecule has 2 rings (SSSR count). The van der Waals surface area contributed by atoms with Crippen LogP contribution in [-0.4, -0.2) is 37.1 Å². The molecule has 31 heavy (non-hydrogen) atoms. The average molecular weight is 427 g/mol. The van der Waals surface area contributed by atoms with Crippen molar-refractivity contribution in [2.75, 3.05) is 13.2 Å². The molecule has 7 nitrogen and oxygen atoms in total. The van der Waals surface area contributed by atoms with Gasteiger partial charge in [0, 0.05) is 12.8 Å². The predicted molar refractivity (Wildman–Crippen MR) is 116 cm³/mol. The van der Waals surface area contributed by atoms with Gasteiger partial charge in [-0.1, -0.05) is 42.5 Å². The van der Waals surface area contributed by atoms with Gasteiger partial charge in [0.1, 0.15) is 24.2 Å². The van der Waals surface area contributed by atoms with Crippen LogP contribution in [0, 0.1) is 0 Å². The number of carbonyl (C=O) groups excluding carboxylic acids is 3. The molecular formula is C24H29NO6. The molecule has 1 atom stereocenters. The molecule has 2 aromatic rings. The molecular weight excluding hydrogens is 398 g/mol. The fourth-order valence-electron chi connectivity index (χ4n) is 2.77. The molecule has 0 unspecified atom stereocenters. The van der Waals surface area contributed by atoms with Crippen LogP contribution < -0.4 is 10.1 Å². The molecule has 0 aromatic heterocycles. The number of aryl methyl sites for hydroxylation is 1. The second-order valence-corrected chi connectivity index (χ2v) is 6.99. The monoisotopic (exact) mass is 427 g/mol. The van der Waals surface area contributed by atoms with Gasteiger partial charge in [0.05, 0.1) is 13.2 Å². The average Bonchev–Trinajstić information content (AvgIpc) is 2.77. The Morgan fingerprint density at radius 3 is 2.29 bits per heavy atom. The van der Waals surface area contributed by atoms with Gasteiger partial charge in [-0.2, -0.15) is 0 Å². The molecule has 166 valence electrons. The Balaban J connectivity index is 1.82. The van der Waals surface area contributed by atoms with Crippen LogP contribution in [0.5, 0.6) is 5.75 Å². The van der Waals surface area contributed by atoms with Gasteiger partial charge in [-0.25, -0.2) is 9.59 Å². The number of benzene rings is 2. The zero-order valence-electron chi connectivity index (χ0n) is 18.0. The summed E-state index contributed by atoms with van der Waals surface area (Å²) in [5.74, 6) is 0.253. The highest BCUT2D eigenvalue weighted by atomic mass is 16.6. The van der Waals surface area contributed by atoms with Gasteiger partial charge in [0.15, 0.2) is 0 Å². The number of ketones is 1. The van der Waals surface area contributed by atoms with Crippen LogP contribution >= 0.6 is 0 Å². The molecule has 0 aliphatic rings. The van der Waals surface area contributed by atoms with Gasteiger partial charge in [-0.15, -0.1) is 0 Å². The Hall–Kier alpha value is -3.35. The predicted octanol–water partition coefficient (Wildman–Crippen LogP) is 3.84. The first-order valence-electron chi connectivity index (χ1n) is 10.3. The van der Waals surface area contributed by atoms with E-state index in [9.17, 15) is 14.4 Å². The largest absolute Gasteiger partial charge is 0.494 e. The molecule has 0 saturated heterocycles. The van der Waals surface area contributed by atoms with Crippen molar-refractivity contribution in [2.24, 2.45) is 0 Å². The molecule has 0 aliphatic heterocycles. The number of ether oxygens (including phenoxy) is 3. The summed E-state index contributed by atoms with van der Waals surface area (Å²) in [4.78, 5) is 35.4. The summed E-state index contributed by atoms with van der Waals surface area (Å²) < 4.78 is 15.9. The lowest BCUT2D eigenvalue weighted by molar-refractivity contribution is -0.145. The Bertz CT molecular complexity index is 835. The molecule has 0 saturated carbocycles. The normalized spacial score (nSPS) is 11.3. The van der Waals surface area contributed by atoms with Crippen molar-refractivity contribution < 1.29 is 28.6 Å². The molecule has 0 aliphatic carbocycles. The zero-order chi connectivity index (χ0) is 22.5. The van der Waals surface area contributed by atoms with Crippen molar-refractivity contribution >= 4 is 17.8 Å². The fourth-order valence-corrected chi connectivity index (χ4v) is 2.77. The topological polar surface area (TPSA) is 90.9 Å². The second kappa shape index (κ2) is 13.1. The van der Waals surface area contributed by atoms with Crippen molar-refractivity contribution in [2.45, 2.75) is 45.8 Å². The smallest absolute Gasteiger partial charge is 0.408 e. The first kappa shape index (κ1) is 23.9. The molecule has 0 fully saturated rings. The minimum Gasteiger partial charge on any atom is -0.494 e. The highest BCUT2D eigenvalue weighted by Gasteiger charge is 2.23. The van der Waals surface area contributed by atoms with Gasteiger partial charge < -0.3 is 24.3 Å². The number of alkyl carbamates (subject to hydrolysis) is 1. The van der Waals surface area contributed by atoms with Gasteiger partial charge >= 0.3 is 12.1 Å². The van der Waals surface area contributed by atoms with E-state index in [0.717, 1.165) is 11.1 Å². The maximum atomic E-state index is 12.2. The Kier molecular flexibility index (Phi) is 10.1. The number of amides is 1. The lowest BCUT2D eigenvalue weighted by Crippen LogP contribution is -2.43. The van der Waals surface area contributed by atoms with Crippen LogP contribution in [0.4, 0.5) is 4.79 Å². The van der Waals surface area contributed by atoms with E-state index in [4.69, 9.17) is 14.2 Å². The van der Waals surface area contributed by atoms with Crippen molar-refractivity contribution in [3.8, 4) is 5.75 Å². The van der Waals surface area contributed by atoms with E-state index in [0.29, 0.717) is 18.6 Å². The molecule has 1 N–H and O–H groups in total. The third kappa shape index (κ3) is 9.33. The Labute approximate surface area is 182 Å². The minimum absolute atomic E-state index is 0.106. The summed E-state index contributed by atoms with van der Waals surface area (Å²) in [7, 11) is 0. The minimum atomic E-state index is -0.877. The number of nitrogens with one attached hydrogen (secondary N) is 1. The van der Waals surface area contributed by atoms with E-state index < -0.39 is 18.1 Å². The van der Waals surface area contributed by atoms with Crippen LogP contribution in [0.1, 0.15) is 37.8 Å². The van der Waals surface area contributed by atoms with Gasteiger partial charge in [-0.05, 0) is 43.5 Å². The molecule has 0 radical (unpaired) electrons. The molecule has 2 aromatic carbocycles.